The molecule has 0 unspecified atom stereocenters. The Morgan fingerprint density at radius 3 is 2.84 bits per heavy atom. The van der Waals surface area contributed by atoms with Gasteiger partial charge in [0, 0.05) is 5.92 Å². The molecule has 1 aliphatic heterocycles. The van der Waals surface area contributed by atoms with Crippen molar-refractivity contribution in [1.29, 1.82) is 0 Å². The average Bonchev–Trinajstić information content (AvgIpc) is 3.14. The number of hydrogen-bond donors (Lipinski definition) is 2. The van der Waals surface area contributed by atoms with Crippen LogP contribution < -0.4 is 10.6 Å². The molecule has 1 aromatic heterocycles. The first-order valence-electron chi connectivity index (χ1n) is 6.69. The molecule has 2 N–H and O–H groups in total. The van der Waals surface area contributed by atoms with Gasteiger partial charge in [-0.05, 0) is 30.4 Å². The Bertz CT molecular complexity index is 562. The third kappa shape index (κ3) is 2.20. The van der Waals surface area contributed by atoms with Gasteiger partial charge < -0.3 is 10.6 Å². The molecule has 5 heteroatoms. The summed E-state index contributed by atoms with van der Waals surface area (Å²) in [6.07, 6.45) is 1.93. The Morgan fingerprint density at radius 2 is 2.21 bits per heavy atom. The Kier molecular flexibility index (Phi) is 2.77. The van der Waals surface area contributed by atoms with E-state index in [1.807, 2.05) is 19.9 Å². The van der Waals surface area contributed by atoms with Crippen molar-refractivity contribution in [3.05, 3.63) is 22.9 Å². The SMILES string of the molecule is CC(C)c1cc(NC(=O)C2CC2)nc2c1C(=O)NC2. The Labute approximate surface area is 111 Å². The maximum absolute atomic E-state index is 11.8. The minimum Gasteiger partial charge on any atom is -0.346 e. The van der Waals surface area contributed by atoms with E-state index in [4.69, 9.17) is 0 Å². The second-order valence-corrected chi connectivity index (χ2v) is 5.52. The molecule has 5 nitrogen and oxygen atoms in total. The third-order valence-electron chi connectivity index (χ3n) is 3.59. The average molecular weight is 259 g/mol. The van der Waals surface area contributed by atoms with Crippen LogP contribution in [0.1, 0.15) is 54.2 Å². The van der Waals surface area contributed by atoms with Crippen LogP contribution in [0, 0.1) is 5.92 Å². The molecule has 0 atom stereocenters. The van der Waals surface area contributed by atoms with E-state index in [1.54, 1.807) is 0 Å². The van der Waals surface area contributed by atoms with Gasteiger partial charge in [0.25, 0.3) is 5.91 Å². The summed E-state index contributed by atoms with van der Waals surface area (Å²) in [4.78, 5) is 28.0. The number of amides is 2. The first kappa shape index (κ1) is 12.1. The molecule has 19 heavy (non-hydrogen) atoms. The van der Waals surface area contributed by atoms with Gasteiger partial charge in [-0.1, -0.05) is 13.8 Å². The van der Waals surface area contributed by atoms with Gasteiger partial charge in [0.1, 0.15) is 5.82 Å². The highest BCUT2D eigenvalue weighted by atomic mass is 16.2. The number of nitrogens with one attached hydrogen (secondary N) is 2. The molecule has 100 valence electrons. The Balaban J connectivity index is 1.96. The van der Waals surface area contributed by atoms with Crippen molar-refractivity contribution < 1.29 is 9.59 Å². The van der Waals surface area contributed by atoms with Gasteiger partial charge in [-0.25, -0.2) is 4.98 Å². The predicted octanol–water partition coefficient (Wildman–Crippen LogP) is 1.80. The lowest BCUT2D eigenvalue weighted by atomic mass is 9.97. The van der Waals surface area contributed by atoms with Crippen LogP contribution in [0.4, 0.5) is 5.82 Å². The van der Waals surface area contributed by atoms with E-state index in [-0.39, 0.29) is 23.7 Å². The van der Waals surface area contributed by atoms with Crippen LogP contribution in [0.25, 0.3) is 0 Å². The number of carbonyl (C=O) groups is 2. The highest BCUT2D eigenvalue weighted by molar-refractivity contribution is 6.00. The summed E-state index contributed by atoms with van der Waals surface area (Å²) < 4.78 is 0. The lowest BCUT2D eigenvalue weighted by Gasteiger charge is -2.12. The van der Waals surface area contributed by atoms with Gasteiger partial charge >= 0.3 is 0 Å². The number of pyridine rings is 1. The molecule has 0 radical (unpaired) electrons. The molecule has 0 spiro atoms. The van der Waals surface area contributed by atoms with Gasteiger partial charge in [-0.3, -0.25) is 9.59 Å². The normalized spacial score (nSPS) is 17.3. The van der Waals surface area contributed by atoms with Crippen molar-refractivity contribution in [2.24, 2.45) is 5.92 Å². The molecule has 3 rings (SSSR count). The molecule has 2 aliphatic rings. The zero-order valence-electron chi connectivity index (χ0n) is 11.1. The Morgan fingerprint density at radius 1 is 1.47 bits per heavy atom. The van der Waals surface area contributed by atoms with E-state index in [2.05, 4.69) is 15.6 Å². The standard InChI is InChI=1S/C14H17N3O2/c1-7(2)9-5-11(17-13(18)8-3-4-8)16-10-6-15-14(19)12(9)10/h5,7-8H,3-4,6H2,1-2H3,(H,15,19)(H,16,17,18). The number of hydrogen-bond acceptors (Lipinski definition) is 3. The monoisotopic (exact) mass is 259 g/mol. The van der Waals surface area contributed by atoms with Gasteiger partial charge in [0.2, 0.25) is 5.91 Å². The fourth-order valence-electron chi connectivity index (χ4n) is 2.36. The molecule has 1 aromatic rings. The summed E-state index contributed by atoms with van der Waals surface area (Å²) in [7, 11) is 0. The number of rotatable bonds is 3. The summed E-state index contributed by atoms with van der Waals surface area (Å²) in [5, 5.41) is 5.64. The minimum absolute atomic E-state index is 0.0411. The largest absolute Gasteiger partial charge is 0.346 e. The lowest BCUT2D eigenvalue weighted by Crippen LogP contribution is -2.16. The molecule has 1 aliphatic carbocycles. The van der Waals surface area contributed by atoms with Crippen molar-refractivity contribution in [2.75, 3.05) is 5.32 Å². The first-order valence-corrected chi connectivity index (χ1v) is 6.69. The quantitative estimate of drug-likeness (QED) is 0.869. The van der Waals surface area contributed by atoms with Gasteiger partial charge in [-0.15, -0.1) is 0 Å². The van der Waals surface area contributed by atoms with E-state index < -0.39 is 0 Å². The molecular formula is C14H17N3O2. The van der Waals surface area contributed by atoms with Gasteiger partial charge in [0.05, 0.1) is 17.8 Å². The summed E-state index contributed by atoms with van der Waals surface area (Å²) in [5.74, 6) is 0.913. The number of aromatic nitrogens is 1. The lowest BCUT2D eigenvalue weighted by molar-refractivity contribution is -0.117. The summed E-state index contributed by atoms with van der Waals surface area (Å²) in [6.45, 7) is 4.52. The highest BCUT2D eigenvalue weighted by Crippen LogP contribution is 2.31. The fourth-order valence-corrected chi connectivity index (χ4v) is 2.36. The van der Waals surface area contributed by atoms with Gasteiger partial charge in [0.15, 0.2) is 0 Å². The van der Waals surface area contributed by atoms with Crippen LogP contribution in [0.2, 0.25) is 0 Å². The summed E-state index contributed by atoms with van der Waals surface area (Å²) >= 11 is 0. The molecule has 0 aromatic carbocycles. The second-order valence-electron chi connectivity index (χ2n) is 5.52. The van der Waals surface area contributed by atoms with E-state index >= 15 is 0 Å². The van der Waals surface area contributed by atoms with E-state index in [0.29, 0.717) is 17.9 Å². The van der Waals surface area contributed by atoms with Crippen LogP contribution >= 0.6 is 0 Å². The molecule has 1 fully saturated rings. The topological polar surface area (TPSA) is 71.1 Å². The Hall–Kier alpha value is -1.91. The van der Waals surface area contributed by atoms with Crippen LogP contribution in [0.3, 0.4) is 0 Å². The molecule has 0 saturated heterocycles. The third-order valence-corrected chi connectivity index (χ3v) is 3.59. The van der Waals surface area contributed by atoms with E-state index in [9.17, 15) is 9.59 Å². The van der Waals surface area contributed by atoms with Crippen LogP contribution in [-0.4, -0.2) is 16.8 Å². The number of carbonyl (C=O) groups excluding carboxylic acids is 2. The van der Waals surface area contributed by atoms with Crippen molar-refractivity contribution in [1.82, 2.24) is 10.3 Å². The first-order chi connectivity index (χ1) is 9.06. The highest BCUT2D eigenvalue weighted by Gasteiger charge is 2.31. The maximum atomic E-state index is 11.8. The van der Waals surface area contributed by atoms with E-state index in [1.165, 1.54) is 0 Å². The van der Waals surface area contributed by atoms with Crippen molar-refractivity contribution in [2.45, 2.75) is 39.2 Å². The van der Waals surface area contributed by atoms with Crippen molar-refractivity contribution in [3.63, 3.8) is 0 Å². The molecule has 1 saturated carbocycles. The zero-order valence-corrected chi connectivity index (χ0v) is 11.1. The minimum atomic E-state index is -0.0636. The summed E-state index contributed by atoms with van der Waals surface area (Å²) in [6, 6.07) is 1.83. The van der Waals surface area contributed by atoms with Crippen LogP contribution in [-0.2, 0) is 11.3 Å². The maximum Gasteiger partial charge on any atom is 0.253 e. The van der Waals surface area contributed by atoms with E-state index in [0.717, 1.165) is 24.1 Å². The van der Waals surface area contributed by atoms with Crippen molar-refractivity contribution >= 4 is 17.6 Å². The molecule has 0 bridgehead atoms. The molecule has 2 heterocycles. The van der Waals surface area contributed by atoms with Gasteiger partial charge in [-0.2, -0.15) is 0 Å². The number of fused-ring (bicyclic) bond motifs is 1. The summed E-state index contributed by atoms with van der Waals surface area (Å²) in [5.41, 5.74) is 2.37. The number of nitrogens with zero attached hydrogens (tertiary/aromatic N) is 1. The molecular weight excluding hydrogens is 242 g/mol. The number of anilines is 1. The van der Waals surface area contributed by atoms with Crippen molar-refractivity contribution in [3.8, 4) is 0 Å². The predicted molar refractivity (Wildman–Crippen MR) is 70.8 cm³/mol. The van der Waals surface area contributed by atoms with Crippen LogP contribution in [0.15, 0.2) is 6.07 Å². The van der Waals surface area contributed by atoms with Crippen LogP contribution in [0.5, 0.6) is 0 Å². The smallest absolute Gasteiger partial charge is 0.253 e. The zero-order chi connectivity index (χ0) is 13.6. The molecule has 2 amide bonds. The second kappa shape index (κ2) is 4.33. The fraction of sp³-hybridized carbons (Fsp3) is 0.500.